The number of carbonyl (C=O) groups is 1. The second kappa shape index (κ2) is 5.11. The van der Waals surface area contributed by atoms with Gasteiger partial charge < -0.3 is 10.4 Å². The van der Waals surface area contributed by atoms with Crippen molar-refractivity contribution < 1.29 is 9.90 Å². The highest BCUT2D eigenvalue weighted by molar-refractivity contribution is 7.22. The minimum absolute atomic E-state index is 0.157. The van der Waals surface area contributed by atoms with E-state index in [9.17, 15) is 4.79 Å². The van der Waals surface area contributed by atoms with E-state index in [2.05, 4.69) is 10.3 Å². The molecule has 100 valence electrons. The number of carboxylic acid groups (broad SMARTS) is 1. The smallest absolute Gasteiger partial charge is 0.335 e. The molecule has 0 atom stereocenters. The predicted octanol–water partition coefficient (Wildman–Crippen LogP) is 4.39. The number of nitrogens with one attached hydrogen (secondary N) is 1. The summed E-state index contributed by atoms with van der Waals surface area (Å²) >= 11 is 7.59. The number of hydrogen-bond donors (Lipinski definition) is 2. The molecule has 0 amide bonds. The van der Waals surface area contributed by atoms with E-state index in [-0.39, 0.29) is 5.56 Å². The maximum absolute atomic E-state index is 10.9. The van der Waals surface area contributed by atoms with Gasteiger partial charge in [-0.25, -0.2) is 9.78 Å². The van der Waals surface area contributed by atoms with Gasteiger partial charge in [0, 0.05) is 0 Å². The predicted molar refractivity (Wildman–Crippen MR) is 81.3 cm³/mol. The summed E-state index contributed by atoms with van der Waals surface area (Å²) < 4.78 is 1.08. The number of fused-ring (bicyclic) bond motifs is 1. The van der Waals surface area contributed by atoms with E-state index < -0.39 is 5.97 Å². The molecule has 20 heavy (non-hydrogen) atoms. The van der Waals surface area contributed by atoms with E-state index in [1.807, 2.05) is 24.3 Å². The van der Waals surface area contributed by atoms with Crippen molar-refractivity contribution in [3.63, 3.8) is 0 Å². The van der Waals surface area contributed by atoms with Crippen LogP contribution in [0.2, 0.25) is 5.02 Å². The zero-order valence-corrected chi connectivity index (χ0v) is 11.7. The van der Waals surface area contributed by atoms with Gasteiger partial charge in [0.2, 0.25) is 0 Å². The van der Waals surface area contributed by atoms with E-state index in [0.29, 0.717) is 10.7 Å². The summed E-state index contributed by atoms with van der Waals surface area (Å²) in [6.07, 6.45) is 0. The molecule has 3 rings (SSSR count). The van der Waals surface area contributed by atoms with Crippen LogP contribution >= 0.6 is 22.9 Å². The van der Waals surface area contributed by atoms with Crippen LogP contribution in [0.1, 0.15) is 10.4 Å². The van der Waals surface area contributed by atoms with E-state index in [4.69, 9.17) is 16.7 Å². The Balaban J connectivity index is 1.92. The van der Waals surface area contributed by atoms with Crippen LogP contribution < -0.4 is 5.32 Å². The molecule has 0 radical (unpaired) electrons. The van der Waals surface area contributed by atoms with Crippen LogP contribution in [0.4, 0.5) is 10.8 Å². The molecule has 0 aliphatic heterocycles. The fourth-order valence-corrected chi connectivity index (χ4v) is 2.90. The Bertz CT molecular complexity index is 768. The first-order valence-corrected chi connectivity index (χ1v) is 6.98. The van der Waals surface area contributed by atoms with E-state index in [1.54, 1.807) is 6.07 Å². The number of aromatic nitrogens is 1. The standard InChI is InChI=1S/C14H9ClN2O2S/c15-9-7-8(13(18)19)5-6-10(9)16-14-17-11-3-1-2-4-12(11)20-14/h1-7H,(H,16,17)(H,18,19). The van der Waals surface area contributed by atoms with Gasteiger partial charge in [0.25, 0.3) is 0 Å². The SMILES string of the molecule is O=C(O)c1ccc(Nc2nc3ccccc3s2)c(Cl)c1. The minimum atomic E-state index is -1.00. The lowest BCUT2D eigenvalue weighted by molar-refractivity contribution is 0.0697. The van der Waals surface area contributed by atoms with Crippen LogP contribution in [0.3, 0.4) is 0 Å². The zero-order chi connectivity index (χ0) is 14.1. The lowest BCUT2D eigenvalue weighted by Crippen LogP contribution is -1.97. The largest absolute Gasteiger partial charge is 0.478 e. The molecule has 3 aromatic rings. The molecule has 2 aromatic carbocycles. The molecule has 0 saturated carbocycles. The monoisotopic (exact) mass is 304 g/mol. The van der Waals surface area contributed by atoms with Gasteiger partial charge in [-0.2, -0.15) is 0 Å². The lowest BCUT2D eigenvalue weighted by Gasteiger charge is -2.05. The van der Waals surface area contributed by atoms with Crippen molar-refractivity contribution in [3.8, 4) is 0 Å². The van der Waals surface area contributed by atoms with Crippen LogP contribution in [0.25, 0.3) is 10.2 Å². The van der Waals surface area contributed by atoms with Gasteiger partial charge in [0.05, 0.1) is 26.5 Å². The lowest BCUT2D eigenvalue weighted by atomic mass is 10.2. The molecule has 0 bridgehead atoms. The maximum Gasteiger partial charge on any atom is 0.335 e. The molecular formula is C14H9ClN2O2S. The van der Waals surface area contributed by atoms with Gasteiger partial charge in [0.15, 0.2) is 5.13 Å². The van der Waals surface area contributed by atoms with Crippen molar-refractivity contribution in [2.45, 2.75) is 0 Å². The van der Waals surface area contributed by atoms with Crippen molar-refractivity contribution in [2.75, 3.05) is 5.32 Å². The van der Waals surface area contributed by atoms with Crippen LogP contribution in [0.5, 0.6) is 0 Å². The van der Waals surface area contributed by atoms with Crippen LogP contribution in [0.15, 0.2) is 42.5 Å². The molecule has 0 aliphatic rings. The summed E-state index contributed by atoms with van der Waals surface area (Å²) in [6, 6.07) is 12.4. The average molecular weight is 305 g/mol. The summed E-state index contributed by atoms with van der Waals surface area (Å²) in [5.74, 6) is -1.00. The number of thiazole rings is 1. The third-order valence-electron chi connectivity index (χ3n) is 2.75. The highest BCUT2D eigenvalue weighted by atomic mass is 35.5. The molecule has 0 aliphatic carbocycles. The molecular weight excluding hydrogens is 296 g/mol. The van der Waals surface area contributed by atoms with Crippen molar-refractivity contribution in [1.29, 1.82) is 0 Å². The summed E-state index contributed by atoms with van der Waals surface area (Å²) in [5.41, 5.74) is 1.71. The van der Waals surface area contributed by atoms with Gasteiger partial charge in [-0.3, -0.25) is 0 Å². The number of nitrogens with zero attached hydrogens (tertiary/aromatic N) is 1. The average Bonchev–Trinajstić information content (AvgIpc) is 2.83. The summed E-state index contributed by atoms with van der Waals surface area (Å²) in [5, 5.41) is 13.1. The van der Waals surface area contributed by atoms with Gasteiger partial charge in [-0.15, -0.1) is 0 Å². The topological polar surface area (TPSA) is 62.2 Å². The van der Waals surface area contributed by atoms with Crippen LogP contribution in [-0.4, -0.2) is 16.1 Å². The highest BCUT2D eigenvalue weighted by Gasteiger charge is 2.09. The normalized spacial score (nSPS) is 10.7. The Morgan fingerprint density at radius 3 is 2.75 bits per heavy atom. The molecule has 0 fully saturated rings. The Morgan fingerprint density at radius 1 is 1.25 bits per heavy atom. The maximum atomic E-state index is 10.9. The minimum Gasteiger partial charge on any atom is -0.478 e. The highest BCUT2D eigenvalue weighted by Crippen LogP contribution is 2.31. The number of carboxylic acids is 1. The Labute approximate surface area is 123 Å². The van der Waals surface area contributed by atoms with Crippen molar-refractivity contribution in [2.24, 2.45) is 0 Å². The first kappa shape index (κ1) is 12.9. The molecule has 1 aromatic heterocycles. The number of anilines is 2. The Morgan fingerprint density at radius 2 is 2.05 bits per heavy atom. The number of halogens is 1. The molecule has 1 heterocycles. The van der Waals surface area contributed by atoms with Gasteiger partial charge in [0.1, 0.15) is 0 Å². The number of hydrogen-bond acceptors (Lipinski definition) is 4. The molecule has 6 heteroatoms. The first-order valence-electron chi connectivity index (χ1n) is 5.79. The third-order valence-corrected chi connectivity index (χ3v) is 4.02. The number of benzene rings is 2. The molecule has 0 spiro atoms. The van der Waals surface area contributed by atoms with Gasteiger partial charge in [-0.05, 0) is 30.3 Å². The van der Waals surface area contributed by atoms with Crippen LogP contribution in [-0.2, 0) is 0 Å². The quantitative estimate of drug-likeness (QED) is 0.753. The second-order valence-corrected chi connectivity index (χ2v) is 5.55. The van der Waals surface area contributed by atoms with Gasteiger partial charge in [-0.1, -0.05) is 35.1 Å². The van der Waals surface area contributed by atoms with E-state index in [0.717, 1.165) is 15.3 Å². The third kappa shape index (κ3) is 2.45. The van der Waals surface area contributed by atoms with Crippen molar-refractivity contribution in [1.82, 2.24) is 4.98 Å². The number of rotatable bonds is 3. The number of aromatic carboxylic acids is 1. The van der Waals surface area contributed by atoms with Crippen molar-refractivity contribution in [3.05, 3.63) is 53.1 Å². The summed E-state index contributed by atoms with van der Waals surface area (Å²) in [6.45, 7) is 0. The van der Waals surface area contributed by atoms with Crippen molar-refractivity contribution >= 4 is 49.9 Å². The second-order valence-electron chi connectivity index (χ2n) is 4.11. The van der Waals surface area contributed by atoms with Crippen LogP contribution in [0, 0.1) is 0 Å². The van der Waals surface area contributed by atoms with E-state index in [1.165, 1.54) is 23.5 Å². The summed E-state index contributed by atoms with van der Waals surface area (Å²) in [4.78, 5) is 15.3. The van der Waals surface area contributed by atoms with Gasteiger partial charge >= 0.3 is 5.97 Å². The summed E-state index contributed by atoms with van der Waals surface area (Å²) in [7, 11) is 0. The zero-order valence-electron chi connectivity index (χ0n) is 10.1. The molecule has 4 nitrogen and oxygen atoms in total. The Kier molecular flexibility index (Phi) is 3.30. The van der Waals surface area contributed by atoms with E-state index >= 15 is 0 Å². The molecule has 0 unspecified atom stereocenters. The number of para-hydroxylation sites is 1. The molecule has 2 N–H and O–H groups in total. The Hall–Kier alpha value is -2.11. The molecule has 0 saturated heterocycles. The fourth-order valence-electron chi connectivity index (χ4n) is 1.79. The fraction of sp³-hybridized carbons (Fsp3) is 0. The first-order chi connectivity index (χ1) is 9.63.